The lowest BCUT2D eigenvalue weighted by molar-refractivity contribution is 0.104. The largest absolute Gasteiger partial charge is 0.356 e. The fourth-order valence-electron chi connectivity index (χ4n) is 4.56. The smallest absolute Gasteiger partial charge is 0.321 e. The Morgan fingerprint density at radius 3 is 2.55 bits per heavy atom. The average Bonchev–Trinajstić information content (AvgIpc) is 3.21. The highest BCUT2D eigenvalue weighted by molar-refractivity contribution is 5.89. The van der Waals surface area contributed by atoms with Crippen molar-refractivity contribution in [1.29, 1.82) is 0 Å². The third-order valence-electron chi connectivity index (χ3n) is 6.14. The van der Waals surface area contributed by atoms with Crippen molar-refractivity contribution < 1.29 is 4.79 Å². The van der Waals surface area contributed by atoms with Crippen LogP contribution in [0.5, 0.6) is 0 Å². The molecular formula is C23H37N5O. The molecule has 1 aromatic carbocycles. The first-order valence-corrected chi connectivity index (χ1v) is 11.1. The van der Waals surface area contributed by atoms with E-state index in [0.717, 1.165) is 55.6 Å². The van der Waals surface area contributed by atoms with E-state index in [2.05, 4.69) is 40.9 Å². The van der Waals surface area contributed by atoms with Gasteiger partial charge in [-0.15, -0.1) is 0 Å². The molecule has 1 saturated carbocycles. The Morgan fingerprint density at radius 2 is 1.93 bits per heavy atom. The molecule has 2 amide bonds. The van der Waals surface area contributed by atoms with E-state index in [1.54, 1.807) is 0 Å². The summed E-state index contributed by atoms with van der Waals surface area (Å²) in [5, 5.41) is 9.96. The number of amides is 2. The normalized spacial score (nSPS) is 18.5. The van der Waals surface area contributed by atoms with Crippen molar-refractivity contribution in [2.75, 3.05) is 32.0 Å². The second kappa shape index (κ2) is 9.99. The first-order chi connectivity index (χ1) is 14.0. The zero-order valence-corrected chi connectivity index (χ0v) is 18.3. The number of rotatable bonds is 7. The summed E-state index contributed by atoms with van der Waals surface area (Å²) in [6.45, 7) is 7.98. The van der Waals surface area contributed by atoms with Crippen molar-refractivity contribution in [3.05, 3.63) is 29.8 Å². The van der Waals surface area contributed by atoms with Crippen LogP contribution in [0, 0.1) is 11.3 Å². The Kier molecular flexibility index (Phi) is 7.40. The lowest BCUT2D eigenvalue weighted by Crippen LogP contribution is -2.46. The second-order valence-electron chi connectivity index (χ2n) is 9.06. The number of hydrogen-bond acceptors (Lipinski definition) is 2. The van der Waals surface area contributed by atoms with Crippen LogP contribution in [-0.2, 0) is 6.54 Å². The Hall–Kier alpha value is -2.24. The maximum absolute atomic E-state index is 12.3. The molecule has 0 atom stereocenters. The molecule has 6 heteroatoms. The quantitative estimate of drug-likeness (QED) is 0.475. The van der Waals surface area contributed by atoms with E-state index in [0.29, 0.717) is 12.0 Å². The van der Waals surface area contributed by atoms with Gasteiger partial charge in [0.1, 0.15) is 0 Å². The minimum Gasteiger partial charge on any atom is -0.356 e. The zero-order valence-electron chi connectivity index (χ0n) is 18.3. The highest BCUT2D eigenvalue weighted by atomic mass is 16.2. The number of urea groups is 1. The van der Waals surface area contributed by atoms with Gasteiger partial charge in [0, 0.05) is 38.9 Å². The van der Waals surface area contributed by atoms with Crippen LogP contribution in [0.3, 0.4) is 0 Å². The standard InChI is InChI=1S/C23H37N5O/c1-18(2)15-23(10-7-11-23)17-26-21(24-3)25-16-19-8-6-9-20(14-19)27-22(29)28-12-4-5-13-28/h6,8-9,14,18H,4-5,7,10-13,15-17H2,1-3H3,(H,27,29)(H2,24,25,26). The number of guanidine groups is 1. The van der Waals surface area contributed by atoms with Crippen LogP contribution in [0.15, 0.2) is 29.3 Å². The van der Waals surface area contributed by atoms with Crippen molar-refractivity contribution >= 4 is 17.7 Å². The topological polar surface area (TPSA) is 68.8 Å². The van der Waals surface area contributed by atoms with Gasteiger partial charge in [0.15, 0.2) is 5.96 Å². The van der Waals surface area contributed by atoms with Crippen LogP contribution in [0.25, 0.3) is 0 Å². The van der Waals surface area contributed by atoms with Gasteiger partial charge in [0.2, 0.25) is 0 Å². The maximum atomic E-state index is 12.3. The Morgan fingerprint density at radius 1 is 1.17 bits per heavy atom. The van der Waals surface area contributed by atoms with Crippen LogP contribution in [0.2, 0.25) is 0 Å². The molecular weight excluding hydrogens is 362 g/mol. The first-order valence-electron chi connectivity index (χ1n) is 11.1. The van der Waals surface area contributed by atoms with E-state index in [-0.39, 0.29) is 6.03 Å². The van der Waals surface area contributed by atoms with Gasteiger partial charge < -0.3 is 20.9 Å². The van der Waals surface area contributed by atoms with E-state index in [9.17, 15) is 4.79 Å². The zero-order chi connectivity index (χ0) is 20.7. The number of nitrogens with one attached hydrogen (secondary N) is 3. The number of carbonyl (C=O) groups excluding carboxylic acids is 1. The van der Waals surface area contributed by atoms with Gasteiger partial charge >= 0.3 is 6.03 Å². The van der Waals surface area contributed by atoms with Crippen molar-refractivity contribution in [3.63, 3.8) is 0 Å². The molecule has 29 heavy (non-hydrogen) atoms. The van der Waals surface area contributed by atoms with E-state index in [1.807, 2.05) is 30.1 Å². The number of nitrogens with zero attached hydrogens (tertiary/aromatic N) is 2. The highest BCUT2D eigenvalue weighted by Gasteiger charge is 2.37. The fourth-order valence-corrected chi connectivity index (χ4v) is 4.56. The molecule has 1 heterocycles. The molecule has 0 radical (unpaired) electrons. The molecule has 1 aliphatic carbocycles. The summed E-state index contributed by atoms with van der Waals surface area (Å²) >= 11 is 0. The number of likely N-dealkylation sites (tertiary alicyclic amines) is 1. The van der Waals surface area contributed by atoms with Gasteiger partial charge in [-0.2, -0.15) is 0 Å². The van der Waals surface area contributed by atoms with Crippen molar-refractivity contribution in [1.82, 2.24) is 15.5 Å². The van der Waals surface area contributed by atoms with Gasteiger partial charge in [-0.3, -0.25) is 4.99 Å². The Balaban J connectivity index is 1.48. The molecule has 0 unspecified atom stereocenters. The molecule has 3 N–H and O–H groups in total. The molecule has 1 aromatic rings. The number of anilines is 1. The SMILES string of the molecule is CN=C(NCc1cccc(NC(=O)N2CCCC2)c1)NCC1(CC(C)C)CCC1. The summed E-state index contributed by atoms with van der Waals surface area (Å²) in [4.78, 5) is 18.6. The number of carbonyl (C=O) groups is 1. The third kappa shape index (κ3) is 6.12. The lowest BCUT2D eigenvalue weighted by atomic mass is 9.64. The highest BCUT2D eigenvalue weighted by Crippen LogP contribution is 2.45. The second-order valence-corrected chi connectivity index (χ2v) is 9.06. The molecule has 3 rings (SSSR count). The summed E-state index contributed by atoms with van der Waals surface area (Å²) in [5.41, 5.74) is 2.40. The summed E-state index contributed by atoms with van der Waals surface area (Å²) in [6.07, 6.45) is 7.44. The number of benzene rings is 1. The number of hydrogen-bond donors (Lipinski definition) is 3. The molecule has 2 fully saturated rings. The van der Waals surface area contributed by atoms with Gasteiger partial charge in [0.05, 0.1) is 0 Å². The van der Waals surface area contributed by atoms with Gasteiger partial charge in [-0.05, 0) is 61.1 Å². The Bertz CT molecular complexity index is 705. The van der Waals surface area contributed by atoms with Gasteiger partial charge in [-0.1, -0.05) is 32.4 Å². The summed E-state index contributed by atoms with van der Waals surface area (Å²) in [5.74, 6) is 1.57. The van der Waals surface area contributed by atoms with Gasteiger partial charge in [-0.25, -0.2) is 4.79 Å². The summed E-state index contributed by atoms with van der Waals surface area (Å²) < 4.78 is 0. The summed E-state index contributed by atoms with van der Waals surface area (Å²) in [7, 11) is 1.82. The van der Waals surface area contributed by atoms with Crippen molar-refractivity contribution in [3.8, 4) is 0 Å². The lowest BCUT2D eigenvalue weighted by Gasteiger charge is -2.43. The monoisotopic (exact) mass is 399 g/mol. The van der Waals surface area contributed by atoms with Crippen LogP contribution in [-0.4, -0.2) is 43.6 Å². The summed E-state index contributed by atoms with van der Waals surface area (Å²) in [6, 6.07) is 8.02. The van der Waals surface area contributed by atoms with Crippen LogP contribution in [0.1, 0.15) is 57.9 Å². The van der Waals surface area contributed by atoms with Crippen molar-refractivity contribution in [2.24, 2.45) is 16.3 Å². The first kappa shape index (κ1) is 21.5. The molecule has 160 valence electrons. The van der Waals surface area contributed by atoms with E-state index in [1.165, 1.54) is 25.7 Å². The molecule has 0 spiro atoms. The predicted molar refractivity (Wildman–Crippen MR) is 120 cm³/mol. The van der Waals surface area contributed by atoms with E-state index < -0.39 is 0 Å². The maximum Gasteiger partial charge on any atom is 0.321 e. The molecule has 1 saturated heterocycles. The minimum absolute atomic E-state index is 0.000958. The van der Waals surface area contributed by atoms with E-state index in [4.69, 9.17) is 0 Å². The molecule has 6 nitrogen and oxygen atoms in total. The molecule has 0 aromatic heterocycles. The van der Waals surface area contributed by atoms with Crippen molar-refractivity contribution in [2.45, 2.75) is 58.9 Å². The molecule has 2 aliphatic rings. The predicted octanol–water partition coefficient (Wildman–Crippen LogP) is 4.20. The molecule has 0 bridgehead atoms. The van der Waals surface area contributed by atoms with Crippen LogP contribution < -0.4 is 16.0 Å². The van der Waals surface area contributed by atoms with Crippen LogP contribution >= 0.6 is 0 Å². The van der Waals surface area contributed by atoms with Gasteiger partial charge in [0.25, 0.3) is 0 Å². The van der Waals surface area contributed by atoms with Crippen LogP contribution in [0.4, 0.5) is 10.5 Å². The van der Waals surface area contributed by atoms with E-state index >= 15 is 0 Å². The minimum atomic E-state index is 0.000958. The third-order valence-corrected chi connectivity index (χ3v) is 6.14. The fraction of sp³-hybridized carbons (Fsp3) is 0.652. The average molecular weight is 400 g/mol. The number of aliphatic imine (C=N–C) groups is 1. The molecule has 1 aliphatic heterocycles. The Labute approximate surface area is 175 Å².